The average molecular weight is 1430 g/mol. The van der Waals surface area contributed by atoms with Crippen molar-refractivity contribution in [2.75, 3.05) is 39.6 Å². The highest BCUT2D eigenvalue weighted by Gasteiger charge is 2.29. The van der Waals surface area contributed by atoms with E-state index in [9.17, 15) is 43.5 Å². The topological polar surface area (TPSA) is 231 Å². The number of hydrogen-bond acceptors (Lipinski definition) is 14. The maximum Gasteiger partial charge on any atom is 0.472 e. The summed E-state index contributed by atoms with van der Waals surface area (Å²) >= 11 is 0. The van der Waals surface area contributed by atoms with Crippen LogP contribution in [0.2, 0.25) is 0 Å². The molecule has 0 saturated heterocycles. The summed E-state index contributed by atoms with van der Waals surface area (Å²) in [6, 6.07) is 0. The van der Waals surface area contributed by atoms with Crippen molar-refractivity contribution in [3.05, 3.63) is 134 Å². The summed E-state index contributed by atoms with van der Waals surface area (Å²) in [6.45, 7) is 2.39. The second kappa shape index (κ2) is 73.4. The second-order valence-corrected chi connectivity index (χ2v) is 28.3. The van der Waals surface area contributed by atoms with Gasteiger partial charge in [-0.05, 0) is 135 Å². The molecule has 5 unspecified atom stereocenters. The zero-order valence-electron chi connectivity index (χ0n) is 61.9. The van der Waals surface area contributed by atoms with Gasteiger partial charge >= 0.3 is 33.6 Å². The van der Waals surface area contributed by atoms with Crippen molar-refractivity contribution in [3.63, 3.8) is 0 Å². The van der Waals surface area contributed by atoms with Crippen LogP contribution < -0.4 is 0 Å². The molecule has 0 aromatic carbocycles. The van der Waals surface area contributed by atoms with Gasteiger partial charge in [0.15, 0.2) is 6.10 Å². The number of hydrogen-bond donors (Lipinski definition) is 4. The third kappa shape index (κ3) is 74.7. The predicted molar refractivity (Wildman–Crippen MR) is 408 cm³/mol. The van der Waals surface area contributed by atoms with E-state index in [0.29, 0.717) is 19.3 Å². The van der Waals surface area contributed by atoms with Crippen molar-refractivity contribution in [3.8, 4) is 0 Å². The van der Waals surface area contributed by atoms with Crippen LogP contribution in [0.25, 0.3) is 0 Å². The first-order chi connectivity index (χ1) is 48.2. The molecule has 18 heteroatoms. The Balaban J connectivity index is 4.42. The number of ether oxygens (including phenoxy) is 3. The summed E-state index contributed by atoms with van der Waals surface area (Å²) in [7, 11) is -9.79. The van der Waals surface area contributed by atoms with Gasteiger partial charge in [0.2, 0.25) is 0 Å². The van der Waals surface area contributed by atoms with Crippen LogP contribution in [0.3, 0.4) is 0 Å². The van der Waals surface area contributed by atoms with Crippen LogP contribution in [0.4, 0.5) is 0 Å². The maximum atomic E-state index is 12.9. The van der Waals surface area contributed by atoms with Crippen LogP contribution in [0.5, 0.6) is 0 Å². The number of phosphoric acid groups is 2. The van der Waals surface area contributed by atoms with E-state index in [2.05, 4.69) is 154 Å². The van der Waals surface area contributed by atoms with E-state index < -0.39 is 91.5 Å². The Bertz CT molecular complexity index is 2330. The van der Waals surface area contributed by atoms with Crippen molar-refractivity contribution in [2.45, 2.75) is 322 Å². The van der Waals surface area contributed by atoms with Gasteiger partial charge in [0, 0.05) is 19.3 Å². The lowest BCUT2D eigenvalue weighted by molar-refractivity contribution is -0.161. The van der Waals surface area contributed by atoms with Gasteiger partial charge in [-0.15, -0.1) is 0 Å². The van der Waals surface area contributed by atoms with E-state index in [1.54, 1.807) is 0 Å². The number of unbranched alkanes of at least 4 members (excludes halogenated alkanes) is 27. The molecule has 0 heterocycles. The van der Waals surface area contributed by atoms with Gasteiger partial charge in [-0.25, -0.2) is 9.13 Å². The third-order valence-corrected chi connectivity index (χ3v) is 17.7. The average Bonchev–Trinajstić information content (AvgIpc) is 1.38. The predicted octanol–water partition coefficient (Wildman–Crippen LogP) is 22.3. The molecule has 0 aliphatic rings. The molecule has 0 saturated carbocycles. The third-order valence-electron chi connectivity index (χ3n) is 15.8. The summed E-state index contributed by atoms with van der Waals surface area (Å²) in [6.07, 6.45) is 88.0. The van der Waals surface area contributed by atoms with Crippen LogP contribution >= 0.6 is 15.6 Å². The quantitative estimate of drug-likeness (QED) is 0.0146. The van der Waals surface area contributed by atoms with Crippen LogP contribution in [0.15, 0.2) is 134 Å². The van der Waals surface area contributed by atoms with E-state index in [0.717, 1.165) is 154 Å². The molecule has 0 aliphatic heterocycles. The van der Waals surface area contributed by atoms with Crippen molar-refractivity contribution >= 4 is 33.6 Å². The van der Waals surface area contributed by atoms with Crippen molar-refractivity contribution in [1.82, 2.24) is 0 Å². The lowest BCUT2D eigenvalue weighted by Crippen LogP contribution is -2.30. The number of rotatable bonds is 72. The molecular formula is C81H138O16P2. The number of allylic oxidation sites excluding steroid dienone is 22. The molecule has 0 amide bonds. The fourth-order valence-corrected chi connectivity index (χ4v) is 11.6. The van der Waals surface area contributed by atoms with Gasteiger partial charge in [0.05, 0.1) is 26.4 Å². The Morgan fingerprint density at radius 3 is 0.859 bits per heavy atom. The van der Waals surface area contributed by atoms with E-state index in [1.807, 2.05) is 0 Å². The van der Waals surface area contributed by atoms with Gasteiger partial charge in [-0.2, -0.15) is 0 Å². The molecule has 4 N–H and O–H groups in total. The smallest absolute Gasteiger partial charge is 0.463 e. The first-order valence-corrected chi connectivity index (χ1v) is 41.5. The molecule has 0 rings (SSSR count). The van der Waals surface area contributed by atoms with Crippen molar-refractivity contribution < 1.29 is 75.8 Å². The minimum absolute atomic E-state index is 0.0872. The molecule has 0 aromatic rings. The molecule has 0 bridgehead atoms. The monoisotopic (exact) mass is 1430 g/mol. The lowest BCUT2D eigenvalue weighted by Gasteiger charge is -2.21. The summed E-state index contributed by atoms with van der Waals surface area (Å²) in [5.41, 5.74) is 0. The molecule has 0 aromatic heterocycles. The van der Waals surface area contributed by atoms with Crippen LogP contribution in [-0.2, 0) is 55.8 Å². The summed E-state index contributed by atoms with van der Waals surface area (Å²) in [5.74, 6) is -1.61. The van der Waals surface area contributed by atoms with Gasteiger partial charge < -0.3 is 34.2 Å². The van der Waals surface area contributed by atoms with Crippen LogP contribution in [0, 0.1) is 0 Å². The zero-order valence-corrected chi connectivity index (χ0v) is 63.7. The molecular weight excluding hydrogens is 1290 g/mol. The normalized spacial score (nSPS) is 14.8. The molecule has 0 fully saturated rings. The summed E-state index contributed by atoms with van der Waals surface area (Å²) < 4.78 is 61.0. The maximum absolute atomic E-state index is 12.9. The fraction of sp³-hybridized carbons (Fsp3) is 0.691. The lowest BCUT2D eigenvalue weighted by atomic mass is 10.0. The van der Waals surface area contributed by atoms with E-state index in [1.165, 1.54) is 89.9 Å². The molecule has 568 valence electrons. The Morgan fingerprint density at radius 2 is 0.535 bits per heavy atom. The number of aliphatic hydroxyl groups is 2. The van der Waals surface area contributed by atoms with Crippen LogP contribution in [0.1, 0.15) is 303 Å². The number of carbonyl (C=O) groups excluding carboxylic acids is 3. The highest BCUT2D eigenvalue weighted by Crippen LogP contribution is 2.45. The fourth-order valence-electron chi connectivity index (χ4n) is 10.0. The first kappa shape index (κ1) is 94.7. The van der Waals surface area contributed by atoms with Gasteiger partial charge in [-0.3, -0.25) is 32.5 Å². The molecule has 16 nitrogen and oxygen atoms in total. The summed E-state index contributed by atoms with van der Waals surface area (Å²) in [5, 5.41) is 20.6. The standard InChI is InChI=1S/C81H138O16P2/c1-4-7-10-13-16-19-22-25-27-29-30-31-32-33-34-35-36-37-38-39-40-41-42-43-44-46-48-50-52-55-58-61-64-67-79(84)91-70-76(82)71-93-98(87,88)94-72-77(83)73-95-99(89,90)96-75-78(97-81(86)69-66-63-60-57-54-49-24-21-18-15-12-9-6-3)74-92-80(85)68-65-62-59-56-53-51-47-45-28-26-23-20-17-14-11-8-5-2/h7-8,10-11,16-17,19-21,24-28,30-31,33-34,36-37,47,51,76-78,82-83H,4-6,9,12-15,18,22-23,29,32,35,38-46,48-50,52-75H2,1-3H3,(H,87,88)(H,89,90)/b10-7-,11-8-,19-16-,20-17-,24-21-,27-25-,28-26-,31-30-,34-33-,37-36-,51-47-. The highest BCUT2D eigenvalue weighted by atomic mass is 31.2. The SMILES string of the molecule is CC/C=C\C/C=C\C/C=C\C/C=C\C/C=C\C/C=C\CCCCCCCCCCCCCCCCC(=O)OCC(O)COP(=O)(O)OCC(O)COP(=O)(O)OCC(COC(=O)CCCCCC/C=C\C/C=C\C/C=C\C/C=C\CC)OC(=O)CCCCCCC/C=C\CCCCCC. The first-order valence-electron chi connectivity index (χ1n) is 38.5. The van der Waals surface area contributed by atoms with Gasteiger partial charge in [0.1, 0.15) is 25.4 Å². The van der Waals surface area contributed by atoms with Crippen molar-refractivity contribution in [2.24, 2.45) is 0 Å². The second-order valence-electron chi connectivity index (χ2n) is 25.4. The molecule has 0 aliphatic carbocycles. The Hall–Kier alpha value is -4.31. The number of phosphoric ester groups is 2. The van der Waals surface area contributed by atoms with E-state index >= 15 is 0 Å². The minimum Gasteiger partial charge on any atom is -0.463 e. The Labute approximate surface area is 601 Å². The molecule has 0 radical (unpaired) electrons. The number of carbonyl (C=O) groups is 3. The highest BCUT2D eigenvalue weighted by molar-refractivity contribution is 7.47. The van der Waals surface area contributed by atoms with Gasteiger partial charge in [0.25, 0.3) is 0 Å². The van der Waals surface area contributed by atoms with Crippen LogP contribution in [-0.4, -0.2) is 95.9 Å². The van der Waals surface area contributed by atoms with Gasteiger partial charge in [-0.1, -0.05) is 283 Å². The molecule has 5 atom stereocenters. The minimum atomic E-state index is -4.93. The zero-order chi connectivity index (χ0) is 72.3. The Kier molecular flexibility index (Phi) is 70.2. The number of esters is 3. The van der Waals surface area contributed by atoms with E-state index in [-0.39, 0.29) is 19.3 Å². The van der Waals surface area contributed by atoms with Crippen molar-refractivity contribution in [1.29, 1.82) is 0 Å². The molecule has 0 spiro atoms. The van der Waals surface area contributed by atoms with E-state index in [4.69, 9.17) is 32.3 Å². The summed E-state index contributed by atoms with van der Waals surface area (Å²) in [4.78, 5) is 58.5. The Morgan fingerprint density at radius 1 is 0.293 bits per heavy atom. The number of aliphatic hydroxyl groups excluding tert-OH is 2. The largest absolute Gasteiger partial charge is 0.472 e. The molecule has 99 heavy (non-hydrogen) atoms.